The van der Waals surface area contributed by atoms with Gasteiger partial charge in [-0.1, -0.05) is 24.2 Å². The molecule has 8 nitrogen and oxygen atoms in total. The standard InChI is InChI=1S/C11H18N6O2/c1-7(2)9(18-3)10-13-11(19-15-10)8-6-17(5-4-12)16-14-8/h6-7,9H,4-5,12H2,1-3H3. The molecular formula is C11H18N6O2. The summed E-state index contributed by atoms with van der Waals surface area (Å²) in [5.41, 5.74) is 5.98. The summed E-state index contributed by atoms with van der Waals surface area (Å²) >= 11 is 0. The van der Waals surface area contributed by atoms with Crippen LogP contribution >= 0.6 is 0 Å². The van der Waals surface area contributed by atoms with Crippen molar-refractivity contribution in [2.75, 3.05) is 13.7 Å². The number of nitrogens with two attached hydrogens (primary N) is 1. The zero-order chi connectivity index (χ0) is 13.8. The maximum Gasteiger partial charge on any atom is 0.280 e. The Bertz CT molecular complexity index is 521. The monoisotopic (exact) mass is 266 g/mol. The van der Waals surface area contributed by atoms with E-state index in [1.54, 1.807) is 18.0 Å². The lowest BCUT2D eigenvalue weighted by Crippen LogP contribution is -2.10. The molecule has 1 atom stereocenters. The van der Waals surface area contributed by atoms with Crippen molar-refractivity contribution in [1.29, 1.82) is 0 Å². The van der Waals surface area contributed by atoms with Gasteiger partial charge in [0.25, 0.3) is 5.89 Å². The first-order chi connectivity index (χ1) is 9.15. The van der Waals surface area contributed by atoms with Crippen molar-refractivity contribution in [3.63, 3.8) is 0 Å². The summed E-state index contributed by atoms with van der Waals surface area (Å²) < 4.78 is 12.2. The fourth-order valence-electron chi connectivity index (χ4n) is 1.77. The molecule has 0 bridgehead atoms. The molecule has 0 saturated heterocycles. The zero-order valence-corrected chi connectivity index (χ0v) is 11.3. The third-order valence-electron chi connectivity index (χ3n) is 2.67. The smallest absolute Gasteiger partial charge is 0.280 e. The van der Waals surface area contributed by atoms with Gasteiger partial charge >= 0.3 is 0 Å². The minimum Gasteiger partial charge on any atom is -0.373 e. The molecule has 2 rings (SSSR count). The molecule has 19 heavy (non-hydrogen) atoms. The minimum atomic E-state index is -0.198. The van der Waals surface area contributed by atoms with E-state index in [1.165, 1.54) is 0 Å². The van der Waals surface area contributed by atoms with Crippen molar-refractivity contribution < 1.29 is 9.26 Å². The highest BCUT2D eigenvalue weighted by molar-refractivity contribution is 5.43. The first kappa shape index (κ1) is 13.6. The van der Waals surface area contributed by atoms with Gasteiger partial charge in [0.2, 0.25) is 5.82 Å². The van der Waals surface area contributed by atoms with Gasteiger partial charge in [-0.05, 0) is 5.92 Å². The number of hydrogen-bond acceptors (Lipinski definition) is 7. The molecule has 0 aliphatic rings. The number of ether oxygens (including phenoxy) is 1. The highest BCUT2D eigenvalue weighted by atomic mass is 16.5. The van der Waals surface area contributed by atoms with Crippen LogP contribution in [0.3, 0.4) is 0 Å². The summed E-state index contributed by atoms with van der Waals surface area (Å²) in [6.07, 6.45) is 1.53. The van der Waals surface area contributed by atoms with Gasteiger partial charge in [0.1, 0.15) is 6.10 Å². The lowest BCUT2D eigenvalue weighted by molar-refractivity contribution is 0.0556. The highest BCUT2D eigenvalue weighted by Gasteiger charge is 2.22. The first-order valence-electron chi connectivity index (χ1n) is 6.12. The van der Waals surface area contributed by atoms with Crippen LogP contribution in [0, 0.1) is 5.92 Å². The second-order valence-corrected chi connectivity index (χ2v) is 4.51. The van der Waals surface area contributed by atoms with Gasteiger partial charge in [-0.25, -0.2) is 0 Å². The molecule has 0 radical (unpaired) electrons. The van der Waals surface area contributed by atoms with Crippen LogP contribution in [0.15, 0.2) is 10.7 Å². The van der Waals surface area contributed by atoms with Crippen molar-refractivity contribution >= 4 is 0 Å². The van der Waals surface area contributed by atoms with Gasteiger partial charge in [-0.15, -0.1) is 5.10 Å². The summed E-state index contributed by atoms with van der Waals surface area (Å²) in [7, 11) is 1.62. The Morgan fingerprint density at radius 1 is 1.47 bits per heavy atom. The average Bonchev–Trinajstić information content (AvgIpc) is 2.99. The Balaban J connectivity index is 2.19. The van der Waals surface area contributed by atoms with Crippen molar-refractivity contribution in [2.45, 2.75) is 26.5 Å². The van der Waals surface area contributed by atoms with E-state index in [-0.39, 0.29) is 12.0 Å². The van der Waals surface area contributed by atoms with E-state index >= 15 is 0 Å². The maximum absolute atomic E-state index is 5.45. The molecule has 104 valence electrons. The molecule has 2 aromatic rings. The number of aromatic nitrogens is 5. The summed E-state index contributed by atoms with van der Waals surface area (Å²) in [6.45, 7) is 5.15. The Morgan fingerprint density at radius 3 is 2.89 bits per heavy atom. The Hall–Kier alpha value is -1.80. The summed E-state index contributed by atoms with van der Waals surface area (Å²) in [5.74, 6) is 1.10. The molecule has 0 saturated carbocycles. The van der Waals surface area contributed by atoms with E-state index in [2.05, 4.69) is 20.5 Å². The molecule has 2 aromatic heterocycles. The quantitative estimate of drug-likeness (QED) is 0.817. The first-order valence-corrected chi connectivity index (χ1v) is 6.12. The van der Waals surface area contributed by atoms with Gasteiger partial charge in [0, 0.05) is 13.7 Å². The topological polar surface area (TPSA) is 105 Å². The lowest BCUT2D eigenvalue weighted by Gasteiger charge is -2.14. The zero-order valence-electron chi connectivity index (χ0n) is 11.3. The van der Waals surface area contributed by atoms with Crippen LogP contribution in [0.25, 0.3) is 11.6 Å². The summed E-state index contributed by atoms with van der Waals surface area (Å²) in [5, 5.41) is 11.8. The molecule has 0 amide bonds. The molecule has 0 fully saturated rings. The van der Waals surface area contributed by atoms with Crippen molar-refractivity contribution in [3.8, 4) is 11.6 Å². The number of hydrogen-bond donors (Lipinski definition) is 1. The normalized spacial score (nSPS) is 13.1. The Labute approximate surface area is 110 Å². The fourth-order valence-corrected chi connectivity index (χ4v) is 1.77. The maximum atomic E-state index is 5.45. The van der Waals surface area contributed by atoms with Crippen LogP contribution in [0.1, 0.15) is 25.8 Å². The van der Waals surface area contributed by atoms with Gasteiger partial charge < -0.3 is 15.0 Å². The molecule has 0 spiro atoms. The average molecular weight is 266 g/mol. The van der Waals surface area contributed by atoms with Crippen molar-refractivity contribution in [2.24, 2.45) is 11.7 Å². The molecule has 2 N–H and O–H groups in total. The number of nitrogens with zero attached hydrogens (tertiary/aromatic N) is 5. The predicted molar refractivity (Wildman–Crippen MR) is 67.0 cm³/mol. The highest BCUT2D eigenvalue weighted by Crippen LogP contribution is 2.24. The molecule has 0 aliphatic carbocycles. The summed E-state index contributed by atoms with van der Waals surface area (Å²) in [4.78, 5) is 4.30. The van der Waals surface area contributed by atoms with Crippen LogP contribution in [-0.2, 0) is 11.3 Å². The van der Waals surface area contributed by atoms with E-state index in [9.17, 15) is 0 Å². The Morgan fingerprint density at radius 2 is 2.26 bits per heavy atom. The fraction of sp³-hybridized carbons (Fsp3) is 0.636. The van der Waals surface area contributed by atoms with Crippen LogP contribution < -0.4 is 5.73 Å². The lowest BCUT2D eigenvalue weighted by atomic mass is 10.1. The summed E-state index contributed by atoms with van der Waals surface area (Å²) in [6, 6.07) is 0. The predicted octanol–water partition coefficient (Wildman–Crippen LogP) is 0.630. The third kappa shape index (κ3) is 2.96. The van der Waals surface area contributed by atoms with Gasteiger partial charge in [0.15, 0.2) is 5.69 Å². The van der Waals surface area contributed by atoms with Crippen LogP contribution in [0.5, 0.6) is 0 Å². The number of rotatable bonds is 6. The molecule has 2 heterocycles. The van der Waals surface area contributed by atoms with Gasteiger partial charge in [-0.2, -0.15) is 4.98 Å². The van der Waals surface area contributed by atoms with Crippen LogP contribution in [0.2, 0.25) is 0 Å². The molecule has 0 aromatic carbocycles. The third-order valence-corrected chi connectivity index (χ3v) is 2.67. The number of methoxy groups -OCH3 is 1. The van der Waals surface area contributed by atoms with Gasteiger partial charge in [0.05, 0.1) is 12.7 Å². The van der Waals surface area contributed by atoms with Crippen LogP contribution in [0.4, 0.5) is 0 Å². The van der Waals surface area contributed by atoms with E-state index in [0.717, 1.165) is 0 Å². The molecule has 8 heteroatoms. The SMILES string of the molecule is COC(c1noc(-c2cn(CCN)nn2)n1)C(C)C. The van der Waals surface area contributed by atoms with Crippen molar-refractivity contribution in [3.05, 3.63) is 12.0 Å². The van der Waals surface area contributed by atoms with E-state index < -0.39 is 0 Å². The Kier molecular flexibility index (Phi) is 4.23. The second-order valence-electron chi connectivity index (χ2n) is 4.51. The van der Waals surface area contributed by atoms with Gasteiger partial charge in [-0.3, -0.25) is 4.68 Å². The largest absolute Gasteiger partial charge is 0.373 e. The van der Waals surface area contributed by atoms with Crippen LogP contribution in [-0.4, -0.2) is 38.8 Å². The molecule has 0 aliphatic heterocycles. The van der Waals surface area contributed by atoms with E-state index in [0.29, 0.717) is 30.5 Å². The molecule has 1 unspecified atom stereocenters. The minimum absolute atomic E-state index is 0.198. The molecular weight excluding hydrogens is 248 g/mol. The second kappa shape index (κ2) is 5.89. The van der Waals surface area contributed by atoms with E-state index in [1.807, 2.05) is 13.8 Å². The van der Waals surface area contributed by atoms with Crippen molar-refractivity contribution in [1.82, 2.24) is 25.1 Å². The van der Waals surface area contributed by atoms with E-state index in [4.69, 9.17) is 15.0 Å².